The lowest BCUT2D eigenvalue weighted by Crippen LogP contribution is -2.27. The summed E-state index contributed by atoms with van der Waals surface area (Å²) in [6.07, 6.45) is -8.46. The maximum Gasteiger partial charge on any atom is 0.433 e. The molecule has 0 aliphatic rings. The number of alkyl halides is 6. The summed E-state index contributed by atoms with van der Waals surface area (Å²) in [5, 5.41) is 14.9. The van der Waals surface area contributed by atoms with E-state index in [-0.39, 0.29) is 42.3 Å². The molecule has 0 aliphatic carbocycles. The van der Waals surface area contributed by atoms with Gasteiger partial charge in [-0.3, -0.25) is 4.98 Å². The molecule has 0 aromatic carbocycles. The number of pyridine rings is 2. The molecule has 3 aromatic rings. The monoisotopic (exact) mass is 487 g/mol. The van der Waals surface area contributed by atoms with Crippen LogP contribution in [0.1, 0.15) is 25.2 Å². The van der Waals surface area contributed by atoms with Crippen molar-refractivity contribution in [3.63, 3.8) is 0 Å². The van der Waals surface area contributed by atoms with Gasteiger partial charge in [0.2, 0.25) is 11.9 Å². The molecule has 3 rings (SSSR count). The van der Waals surface area contributed by atoms with Crippen molar-refractivity contribution >= 4 is 17.6 Å². The van der Waals surface area contributed by atoms with E-state index in [0.29, 0.717) is 0 Å². The summed E-state index contributed by atoms with van der Waals surface area (Å²) in [4.78, 5) is 19.0. The van der Waals surface area contributed by atoms with Crippen LogP contribution in [0.15, 0.2) is 36.5 Å². The summed E-state index contributed by atoms with van der Waals surface area (Å²) in [5.74, 6) is -0.579. The average Bonchev–Trinajstić information content (AvgIpc) is 2.77. The number of aliphatic hydroxyl groups excluding tert-OH is 1. The Hall–Kier alpha value is -3.55. The zero-order valence-corrected chi connectivity index (χ0v) is 17.8. The maximum atomic E-state index is 13.1. The van der Waals surface area contributed by atoms with E-state index in [1.54, 1.807) is 13.8 Å². The predicted octanol–water partition coefficient (Wildman–Crippen LogP) is 4.54. The van der Waals surface area contributed by atoms with Gasteiger partial charge < -0.3 is 15.7 Å². The molecule has 14 heteroatoms. The fraction of sp³-hybridized carbons (Fsp3) is 0.350. The summed E-state index contributed by atoms with van der Waals surface area (Å²) < 4.78 is 78.2. The maximum absolute atomic E-state index is 13.1. The van der Waals surface area contributed by atoms with Gasteiger partial charge in [-0.1, -0.05) is 19.9 Å². The molecule has 34 heavy (non-hydrogen) atoms. The Morgan fingerprint density at radius 1 is 0.853 bits per heavy atom. The van der Waals surface area contributed by atoms with Crippen molar-refractivity contribution in [2.24, 2.45) is 5.41 Å². The molecule has 0 amide bonds. The molecule has 0 spiro atoms. The lowest BCUT2D eigenvalue weighted by Gasteiger charge is -2.22. The molecule has 0 fully saturated rings. The van der Waals surface area contributed by atoms with Gasteiger partial charge in [0.05, 0.1) is 0 Å². The molecular weight excluding hydrogens is 468 g/mol. The average molecular weight is 487 g/mol. The van der Waals surface area contributed by atoms with Gasteiger partial charge in [0.25, 0.3) is 0 Å². The van der Waals surface area contributed by atoms with E-state index in [2.05, 4.69) is 35.6 Å². The minimum absolute atomic E-state index is 0.0573. The number of halogens is 6. The number of aliphatic hydroxyl groups is 1. The molecular formula is C20H19F6N7O. The van der Waals surface area contributed by atoms with Gasteiger partial charge in [0.15, 0.2) is 5.82 Å². The van der Waals surface area contributed by atoms with E-state index in [4.69, 9.17) is 0 Å². The fourth-order valence-corrected chi connectivity index (χ4v) is 2.51. The first kappa shape index (κ1) is 25.1. The van der Waals surface area contributed by atoms with Gasteiger partial charge in [0, 0.05) is 30.5 Å². The molecule has 0 bridgehead atoms. The van der Waals surface area contributed by atoms with Crippen LogP contribution < -0.4 is 10.6 Å². The molecule has 8 nitrogen and oxygen atoms in total. The Balaban J connectivity index is 2.02. The first-order valence-electron chi connectivity index (χ1n) is 9.72. The summed E-state index contributed by atoms with van der Waals surface area (Å²) >= 11 is 0. The minimum Gasteiger partial charge on any atom is -0.396 e. The standard InChI is InChI=1S/C20H19F6N7O/c1-18(2,10-34)9-28-16-31-15(12-4-3-5-13(30-12)19(21,22)23)32-17(33-16)29-11-6-7-27-14(8-11)20(24,25)26/h3-8,34H,9-10H2,1-2H3,(H2,27,28,29,31,32,33). The van der Waals surface area contributed by atoms with Crippen molar-refractivity contribution in [3.05, 3.63) is 47.9 Å². The molecule has 3 N–H and O–H groups in total. The van der Waals surface area contributed by atoms with Gasteiger partial charge in [-0.15, -0.1) is 0 Å². The predicted molar refractivity (Wildman–Crippen MR) is 110 cm³/mol. The molecule has 0 aliphatic heterocycles. The largest absolute Gasteiger partial charge is 0.433 e. The number of hydrogen-bond donors (Lipinski definition) is 3. The van der Waals surface area contributed by atoms with Crippen LogP contribution >= 0.6 is 0 Å². The van der Waals surface area contributed by atoms with Crippen molar-refractivity contribution in [2.45, 2.75) is 26.2 Å². The Labute approximate surface area is 189 Å². The summed E-state index contributed by atoms with van der Waals surface area (Å²) in [7, 11) is 0. The SMILES string of the molecule is CC(C)(CO)CNc1nc(Nc2ccnc(C(F)(F)F)c2)nc(-c2cccc(C(F)(F)F)n2)n1. The van der Waals surface area contributed by atoms with Crippen molar-refractivity contribution in [2.75, 3.05) is 23.8 Å². The molecule has 0 unspecified atom stereocenters. The Morgan fingerprint density at radius 2 is 1.53 bits per heavy atom. The number of aromatic nitrogens is 5. The van der Waals surface area contributed by atoms with Crippen LogP contribution in [-0.2, 0) is 12.4 Å². The second-order valence-corrected chi connectivity index (χ2v) is 7.94. The van der Waals surface area contributed by atoms with Crippen LogP contribution in [0, 0.1) is 5.41 Å². The smallest absolute Gasteiger partial charge is 0.396 e. The van der Waals surface area contributed by atoms with Crippen molar-refractivity contribution in [3.8, 4) is 11.5 Å². The zero-order valence-electron chi connectivity index (χ0n) is 17.8. The first-order chi connectivity index (χ1) is 15.8. The van der Waals surface area contributed by atoms with Crippen molar-refractivity contribution < 1.29 is 31.4 Å². The van der Waals surface area contributed by atoms with E-state index in [1.165, 1.54) is 12.1 Å². The second kappa shape index (κ2) is 9.37. The van der Waals surface area contributed by atoms with Gasteiger partial charge in [-0.2, -0.15) is 41.3 Å². The van der Waals surface area contributed by atoms with Crippen LogP contribution in [-0.4, -0.2) is 43.2 Å². The number of nitrogens with one attached hydrogen (secondary N) is 2. The van der Waals surface area contributed by atoms with Crippen molar-refractivity contribution in [1.82, 2.24) is 24.9 Å². The molecule has 0 saturated heterocycles. The summed E-state index contributed by atoms with van der Waals surface area (Å²) in [6.45, 7) is 3.47. The lowest BCUT2D eigenvalue weighted by molar-refractivity contribution is -0.141. The van der Waals surface area contributed by atoms with Crippen molar-refractivity contribution in [1.29, 1.82) is 0 Å². The van der Waals surface area contributed by atoms with E-state index in [1.807, 2.05) is 0 Å². The third-order valence-corrected chi connectivity index (χ3v) is 4.36. The third-order valence-electron chi connectivity index (χ3n) is 4.36. The number of anilines is 3. The van der Waals surface area contributed by atoms with Gasteiger partial charge in [-0.25, -0.2) is 4.98 Å². The van der Waals surface area contributed by atoms with Gasteiger partial charge >= 0.3 is 12.4 Å². The lowest BCUT2D eigenvalue weighted by atomic mass is 9.95. The molecule has 0 atom stereocenters. The molecule has 182 valence electrons. The number of hydrogen-bond acceptors (Lipinski definition) is 8. The van der Waals surface area contributed by atoms with E-state index in [0.717, 1.165) is 24.4 Å². The van der Waals surface area contributed by atoms with Crippen LogP contribution in [0.2, 0.25) is 0 Å². The zero-order chi connectivity index (χ0) is 25.1. The molecule has 0 radical (unpaired) electrons. The minimum atomic E-state index is -4.71. The number of rotatable bonds is 7. The van der Waals surface area contributed by atoms with Gasteiger partial charge in [0.1, 0.15) is 17.1 Å². The Kier molecular flexibility index (Phi) is 6.91. The quantitative estimate of drug-likeness (QED) is 0.417. The Morgan fingerprint density at radius 3 is 2.18 bits per heavy atom. The molecule has 3 aromatic heterocycles. The topological polar surface area (TPSA) is 109 Å². The second-order valence-electron chi connectivity index (χ2n) is 7.94. The van der Waals surface area contributed by atoms with E-state index in [9.17, 15) is 31.4 Å². The highest BCUT2D eigenvalue weighted by Gasteiger charge is 2.33. The summed E-state index contributed by atoms with van der Waals surface area (Å²) in [6, 6.07) is 5.13. The van der Waals surface area contributed by atoms with Crippen LogP contribution in [0.25, 0.3) is 11.5 Å². The van der Waals surface area contributed by atoms with E-state index >= 15 is 0 Å². The number of nitrogens with zero attached hydrogens (tertiary/aromatic N) is 5. The van der Waals surface area contributed by atoms with E-state index < -0.39 is 29.2 Å². The molecule has 0 saturated carbocycles. The van der Waals surface area contributed by atoms with Crippen LogP contribution in [0.5, 0.6) is 0 Å². The fourth-order valence-electron chi connectivity index (χ4n) is 2.51. The normalized spacial score (nSPS) is 12.5. The highest BCUT2D eigenvalue weighted by atomic mass is 19.4. The first-order valence-corrected chi connectivity index (χ1v) is 9.72. The Bertz CT molecular complexity index is 1150. The highest BCUT2D eigenvalue weighted by Crippen LogP contribution is 2.31. The van der Waals surface area contributed by atoms with Crippen LogP contribution in [0.3, 0.4) is 0 Å². The van der Waals surface area contributed by atoms with Crippen LogP contribution in [0.4, 0.5) is 43.9 Å². The molecule has 3 heterocycles. The third kappa shape index (κ3) is 6.50. The highest BCUT2D eigenvalue weighted by molar-refractivity contribution is 5.59. The summed E-state index contributed by atoms with van der Waals surface area (Å²) in [5.41, 5.74) is -3.20. The van der Waals surface area contributed by atoms with Gasteiger partial charge in [-0.05, 0) is 24.3 Å².